The van der Waals surface area contributed by atoms with Gasteiger partial charge in [-0.25, -0.2) is 0 Å². The lowest BCUT2D eigenvalue weighted by atomic mass is 9.79. The van der Waals surface area contributed by atoms with Gasteiger partial charge in [0.05, 0.1) is 0 Å². The number of anilines is 1. The van der Waals surface area contributed by atoms with Gasteiger partial charge in [-0.15, -0.1) is 12.4 Å². The minimum Gasteiger partial charge on any atom is -0.399 e. The van der Waals surface area contributed by atoms with Gasteiger partial charge in [-0.05, 0) is 49.3 Å². The Bertz CT molecular complexity index is 488. The van der Waals surface area contributed by atoms with Crippen LogP contribution in [0.4, 0.5) is 5.69 Å². The number of halogens is 1. The van der Waals surface area contributed by atoms with Gasteiger partial charge in [0.2, 0.25) is 0 Å². The van der Waals surface area contributed by atoms with Crippen molar-refractivity contribution >= 4 is 24.0 Å². The summed E-state index contributed by atoms with van der Waals surface area (Å²) in [6, 6.07) is 5.82. The molecule has 0 radical (unpaired) electrons. The summed E-state index contributed by atoms with van der Waals surface area (Å²) in [5, 5.41) is 3.19. The van der Waals surface area contributed by atoms with Crippen LogP contribution >= 0.6 is 12.4 Å². The quantitative estimate of drug-likeness (QED) is 0.831. The zero-order valence-corrected chi connectivity index (χ0v) is 14.0. The first kappa shape index (κ1) is 17.8. The van der Waals surface area contributed by atoms with Gasteiger partial charge in [0.1, 0.15) is 0 Å². The molecule has 2 atom stereocenters. The highest BCUT2D eigenvalue weighted by molar-refractivity contribution is 5.96. The first-order valence-electron chi connectivity index (χ1n) is 7.64. The molecule has 2 unspecified atom stereocenters. The molecular formula is C17H27ClN2O. The molecule has 1 aliphatic rings. The fourth-order valence-corrected chi connectivity index (χ4v) is 3.11. The molecule has 0 aliphatic heterocycles. The van der Waals surface area contributed by atoms with Crippen LogP contribution in [0.2, 0.25) is 0 Å². The van der Waals surface area contributed by atoms with Gasteiger partial charge in [-0.2, -0.15) is 0 Å². The van der Waals surface area contributed by atoms with Crippen LogP contribution < -0.4 is 11.1 Å². The van der Waals surface area contributed by atoms with Crippen molar-refractivity contribution in [2.75, 3.05) is 5.73 Å². The van der Waals surface area contributed by atoms with E-state index in [1.165, 1.54) is 12.8 Å². The molecule has 3 N–H and O–H groups in total. The van der Waals surface area contributed by atoms with E-state index in [0.29, 0.717) is 23.2 Å². The Hall–Kier alpha value is -1.22. The monoisotopic (exact) mass is 310 g/mol. The van der Waals surface area contributed by atoms with Gasteiger partial charge in [0, 0.05) is 17.3 Å². The summed E-state index contributed by atoms with van der Waals surface area (Å²) in [7, 11) is 0. The fourth-order valence-electron chi connectivity index (χ4n) is 3.11. The van der Waals surface area contributed by atoms with Gasteiger partial charge in [-0.3, -0.25) is 4.79 Å². The van der Waals surface area contributed by atoms with E-state index in [1.807, 2.05) is 19.1 Å². The average Bonchev–Trinajstić information content (AvgIpc) is 2.41. The Kier molecular flexibility index (Phi) is 6.53. The van der Waals surface area contributed by atoms with Gasteiger partial charge < -0.3 is 11.1 Å². The maximum Gasteiger partial charge on any atom is 0.251 e. The van der Waals surface area contributed by atoms with Crippen LogP contribution in [0.3, 0.4) is 0 Å². The topological polar surface area (TPSA) is 55.1 Å². The molecule has 3 nitrogen and oxygen atoms in total. The Labute approximate surface area is 134 Å². The molecule has 1 fully saturated rings. The van der Waals surface area contributed by atoms with Crippen LogP contribution in [0.1, 0.15) is 55.5 Å². The number of carbonyl (C=O) groups is 1. The molecule has 1 saturated carbocycles. The number of nitrogen functional groups attached to an aromatic ring is 1. The summed E-state index contributed by atoms with van der Waals surface area (Å²) in [5.74, 6) is 1.45. The second kappa shape index (κ2) is 7.69. The molecule has 1 aromatic carbocycles. The van der Waals surface area contributed by atoms with E-state index in [4.69, 9.17) is 5.73 Å². The summed E-state index contributed by atoms with van der Waals surface area (Å²) >= 11 is 0. The first-order valence-corrected chi connectivity index (χ1v) is 7.64. The highest BCUT2D eigenvalue weighted by Gasteiger charge is 2.25. The third kappa shape index (κ3) is 4.63. The minimum absolute atomic E-state index is 0. The van der Waals surface area contributed by atoms with Crippen molar-refractivity contribution in [1.82, 2.24) is 5.32 Å². The van der Waals surface area contributed by atoms with Crippen LogP contribution in [-0.2, 0) is 0 Å². The minimum atomic E-state index is 0. The molecule has 0 spiro atoms. The number of benzene rings is 1. The summed E-state index contributed by atoms with van der Waals surface area (Å²) < 4.78 is 0. The first-order chi connectivity index (χ1) is 9.47. The van der Waals surface area contributed by atoms with E-state index in [2.05, 4.69) is 19.2 Å². The third-order valence-electron chi connectivity index (χ3n) is 4.50. The van der Waals surface area contributed by atoms with Crippen molar-refractivity contribution in [3.05, 3.63) is 29.3 Å². The van der Waals surface area contributed by atoms with E-state index in [9.17, 15) is 4.79 Å². The van der Waals surface area contributed by atoms with Crippen molar-refractivity contribution in [2.24, 2.45) is 11.8 Å². The zero-order chi connectivity index (χ0) is 14.7. The Morgan fingerprint density at radius 3 is 2.71 bits per heavy atom. The standard InChI is InChI=1S/C17H26N2O.ClH/c1-11(2)13-5-4-6-15(9-13)19-17(20)16-10-14(18)8-7-12(16)3;/h7-8,10-11,13,15H,4-6,9,18H2,1-3H3,(H,19,20);1H. The Morgan fingerprint density at radius 2 is 2.05 bits per heavy atom. The number of nitrogens with two attached hydrogens (primary N) is 1. The van der Waals surface area contributed by atoms with Gasteiger partial charge in [0.25, 0.3) is 5.91 Å². The summed E-state index contributed by atoms with van der Waals surface area (Å²) in [5.41, 5.74) is 8.11. The maximum atomic E-state index is 12.4. The molecule has 21 heavy (non-hydrogen) atoms. The van der Waals surface area contributed by atoms with Crippen LogP contribution in [0.25, 0.3) is 0 Å². The molecule has 2 rings (SSSR count). The molecule has 1 aliphatic carbocycles. The number of hydrogen-bond donors (Lipinski definition) is 2. The van der Waals surface area contributed by atoms with E-state index in [1.54, 1.807) is 6.07 Å². The summed E-state index contributed by atoms with van der Waals surface area (Å²) in [6.07, 6.45) is 4.70. The van der Waals surface area contributed by atoms with E-state index >= 15 is 0 Å². The molecule has 1 amide bonds. The third-order valence-corrected chi connectivity index (χ3v) is 4.50. The molecule has 1 aromatic rings. The predicted octanol–water partition coefficient (Wildman–Crippen LogP) is 3.94. The molecule has 118 valence electrons. The van der Waals surface area contributed by atoms with E-state index in [0.717, 1.165) is 24.3 Å². The molecule has 0 saturated heterocycles. The smallest absolute Gasteiger partial charge is 0.251 e. The number of carbonyl (C=O) groups excluding carboxylic acids is 1. The lowest BCUT2D eigenvalue weighted by Gasteiger charge is -2.32. The lowest BCUT2D eigenvalue weighted by Crippen LogP contribution is -2.39. The van der Waals surface area contributed by atoms with Crippen LogP contribution in [0.5, 0.6) is 0 Å². The second-order valence-corrected chi connectivity index (χ2v) is 6.42. The largest absolute Gasteiger partial charge is 0.399 e. The molecular weight excluding hydrogens is 284 g/mol. The van der Waals surface area contributed by atoms with Gasteiger partial charge >= 0.3 is 0 Å². The van der Waals surface area contributed by atoms with Crippen molar-refractivity contribution in [3.63, 3.8) is 0 Å². The van der Waals surface area contributed by atoms with Crippen molar-refractivity contribution < 1.29 is 4.79 Å². The second-order valence-electron chi connectivity index (χ2n) is 6.42. The Balaban J connectivity index is 0.00000220. The zero-order valence-electron chi connectivity index (χ0n) is 13.2. The lowest BCUT2D eigenvalue weighted by molar-refractivity contribution is 0.0912. The van der Waals surface area contributed by atoms with Gasteiger partial charge in [-0.1, -0.05) is 32.8 Å². The maximum absolute atomic E-state index is 12.4. The van der Waals surface area contributed by atoms with Crippen LogP contribution in [0, 0.1) is 18.8 Å². The van der Waals surface area contributed by atoms with Crippen molar-refractivity contribution in [1.29, 1.82) is 0 Å². The average molecular weight is 311 g/mol. The van der Waals surface area contributed by atoms with E-state index < -0.39 is 0 Å². The Morgan fingerprint density at radius 1 is 1.33 bits per heavy atom. The van der Waals surface area contributed by atoms with Crippen molar-refractivity contribution in [2.45, 2.75) is 52.5 Å². The molecule has 0 heterocycles. The van der Waals surface area contributed by atoms with Gasteiger partial charge in [0.15, 0.2) is 0 Å². The molecule has 0 bridgehead atoms. The number of nitrogens with one attached hydrogen (secondary N) is 1. The summed E-state index contributed by atoms with van der Waals surface area (Å²) in [6.45, 7) is 6.50. The number of hydrogen-bond acceptors (Lipinski definition) is 2. The summed E-state index contributed by atoms with van der Waals surface area (Å²) in [4.78, 5) is 12.4. The highest BCUT2D eigenvalue weighted by Crippen LogP contribution is 2.30. The fraction of sp³-hybridized carbons (Fsp3) is 0.588. The number of amides is 1. The van der Waals surface area contributed by atoms with Crippen LogP contribution in [-0.4, -0.2) is 11.9 Å². The number of rotatable bonds is 3. The SMILES string of the molecule is Cc1ccc(N)cc1C(=O)NC1CCCC(C(C)C)C1.Cl. The molecule has 4 heteroatoms. The van der Waals surface area contributed by atoms with Crippen LogP contribution in [0.15, 0.2) is 18.2 Å². The normalized spacial score (nSPS) is 21.7. The predicted molar refractivity (Wildman–Crippen MR) is 90.9 cm³/mol. The number of aryl methyl sites for hydroxylation is 1. The molecule has 0 aromatic heterocycles. The van der Waals surface area contributed by atoms with Crippen molar-refractivity contribution in [3.8, 4) is 0 Å². The highest BCUT2D eigenvalue weighted by atomic mass is 35.5. The van der Waals surface area contributed by atoms with E-state index in [-0.39, 0.29) is 18.3 Å².